The van der Waals surface area contributed by atoms with E-state index in [4.69, 9.17) is 16.0 Å². The Morgan fingerprint density at radius 2 is 2.25 bits per heavy atom. The molecule has 0 saturated carbocycles. The predicted octanol–water partition coefficient (Wildman–Crippen LogP) is 4.02. The molecule has 0 aromatic carbocycles. The third-order valence-electron chi connectivity index (χ3n) is 2.90. The Morgan fingerprint density at radius 1 is 1.38 bits per heavy atom. The van der Waals surface area contributed by atoms with Crippen LogP contribution in [0.25, 0.3) is 10.8 Å². The van der Waals surface area contributed by atoms with Crippen LogP contribution in [0.2, 0.25) is 0 Å². The second-order valence-corrected chi connectivity index (χ2v) is 5.45. The van der Waals surface area contributed by atoms with Gasteiger partial charge in [-0.15, -0.1) is 22.9 Å². The summed E-state index contributed by atoms with van der Waals surface area (Å²) < 4.78 is 5.43. The highest BCUT2D eigenvalue weighted by Crippen LogP contribution is 2.35. The largest absolute Gasteiger partial charge is 0.444 e. The van der Waals surface area contributed by atoms with Crippen molar-refractivity contribution in [2.75, 3.05) is 0 Å². The van der Waals surface area contributed by atoms with E-state index in [1.165, 1.54) is 36.1 Å². The van der Waals surface area contributed by atoms with Gasteiger partial charge in [-0.1, -0.05) is 0 Å². The Labute approximate surface area is 103 Å². The fraction of sp³-hybridized carbons (Fsp3) is 0.417. The zero-order valence-electron chi connectivity index (χ0n) is 8.83. The van der Waals surface area contributed by atoms with Gasteiger partial charge in [0.1, 0.15) is 6.26 Å². The van der Waals surface area contributed by atoms with Gasteiger partial charge in [-0.3, -0.25) is 0 Å². The molecule has 2 heterocycles. The molecular formula is C12H12ClNOS. The standard InChI is InChI=1S/C12H12ClNOS/c13-6-9-7-15-12(14-9)11-5-8-3-1-2-4-10(8)16-11/h5,7H,1-4,6H2. The van der Waals surface area contributed by atoms with E-state index in [2.05, 4.69) is 11.1 Å². The number of aryl methyl sites for hydroxylation is 2. The number of aromatic nitrogens is 1. The molecule has 0 bridgehead atoms. The molecular weight excluding hydrogens is 242 g/mol. The molecule has 16 heavy (non-hydrogen) atoms. The molecule has 2 aromatic heterocycles. The van der Waals surface area contributed by atoms with Crippen LogP contribution in [0.3, 0.4) is 0 Å². The molecule has 84 valence electrons. The number of fused-ring (bicyclic) bond motifs is 1. The summed E-state index contributed by atoms with van der Waals surface area (Å²) >= 11 is 7.52. The van der Waals surface area contributed by atoms with Gasteiger partial charge in [0.05, 0.1) is 16.5 Å². The summed E-state index contributed by atoms with van der Waals surface area (Å²) in [4.78, 5) is 7.00. The molecule has 3 rings (SSSR count). The molecule has 0 saturated heterocycles. The number of thiophene rings is 1. The van der Waals surface area contributed by atoms with Gasteiger partial charge in [0, 0.05) is 4.88 Å². The van der Waals surface area contributed by atoms with Gasteiger partial charge < -0.3 is 4.42 Å². The van der Waals surface area contributed by atoms with Crippen LogP contribution >= 0.6 is 22.9 Å². The predicted molar refractivity (Wildman–Crippen MR) is 66.0 cm³/mol. The summed E-state index contributed by atoms with van der Waals surface area (Å²) in [5, 5.41) is 0. The Kier molecular flexibility index (Phi) is 2.74. The monoisotopic (exact) mass is 253 g/mol. The van der Waals surface area contributed by atoms with Crippen molar-refractivity contribution < 1.29 is 4.42 Å². The van der Waals surface area contributed by atoms with Gasteiger partial charge in [0.2, 0.25) is 5.89 Å². The van der Waals surface area contributed by atoms with E-state index in [0.29, 0.717) is 5.88 Å². The Hall–Kier alpha value is -0.800. The van der Waals surface area contributed by atoms with Gasteiger partial charge in [0.25, 0.3) is 0 Å². The number of alkyl halides is 1. The summed E-state index contributed by atoms with van der Waals surface area (Å²) in [6.45, 7) is 0. The quantitative estimate of drug-likeness (QED) is 0.756. The third-order valence-corrected chi connectivity index (χ3v) is 4.39. The summed E-state index contributed by atoms with van der Waals surface area (Å²) in [5.41, 5.74) is 2.29. The Balaban J connectivity index is 1.96. The minimum Gasteiger partial charge on any atom is -0.444 e. The first kappa shape index (κ1) is 10.4. The van der Waals surface area contributed by atoms with Crippen LogP contribution in [0.4, 0.5) is 0 Å². The average Bonchev–Trinajstić information content (AvgIpc) is 2.95. The van der Waals surface area contributed by atoms with Crippen LogP contribution in [0.1, 0.15) is 29.0 Å². The second-order valence-electron chi connectivity index (χ2n) is 4.04. The van der Waals surface area contributed by atoms with Gasteiger partial charge >= 0.3 is 0 Å². The maximum Gasteiger partial charge on any atom is 0.236 e. The molecule has 0 atom stereocenters. The van der Waals surface area contributed by atoms with Gasteiger partial charge in [0.15, 0.2) is 0 Å². The van der Waals surface area contributed by atoms with Crippen molar-refractivity contribution in [1.29, 1.82) is 0 Å². The molecule has 4 heteroatoms. The minimum absolute atomic E-state index is 0.411. The number of nitrogens with zero attached hydrogens (tertiary/aromatic N) is 1. The van der Waals surface area contributed by atoms with E-state index in [9.17, 15) is 0 Å². The fourth-order valence-corrected chi connectivity index (χ4v) is 3.39. The minimum atomic E-state index is 0.411. The van der Waals surface area contributed by atoms with Gasteiger partial charge in [-0.2, -0.15) is 0 Å². The van der Waals surface area contributed by atoms with Crippen LogP contribution < -0.4 is 0 Å². The zero-order chi connectivity index (χ0) is 11.0. The molecule has 0 N–H and O–H groups in total. The number of hydrogen-bond acceptors (Lipinski definition) is 3. The SMILES string of the molecule is ClCc1coc(-c2cc3c(s2)CCCC3)n1. The van der Waals surface area contributed by atoms with Crippen LogP contribution in [0.5, 0.6) is 0 Å². The normalized spacial score (nSPS) is 15.1. The van der Waals surface area contributed by atoms with E-state index in [1.54, 1.807) is 6.26 Å². The lowest BCUT2D eigenvalue weighted by atomic mass is 9.99. The molecule has 0 aliphatic heterocycles. The molecule has 0 unspecified atom stereocenters. The number of halogens is 1. The van der Waals surface area contributed by atoms with Crippen molar-refractivity contribution >= 4 is 22.9 Å². The summed E-state index contributed by atoms with van der Waals surface area (Å²) in [6.07, 6.45) is 6.67. The molecule has 2 aromatic rings. The molecule has 0 fully saturated rings. The van der Waals surface area contributed by atoms with Crippen LogP contribution in [-0.2, 0) is 18.7 Å². The topological polar surface area (TPSA) is 26.0 Å². The first-order valence-electron chi connectivity index (χ1n) is 5.49. The summed E-state index contributed by atoms with van der Waals surface area (Å²) in [6, 6.07) is 2.23. The lowest BCUT2D eigenvalue weighted by Gasteiger charge is -2.08. The summed E-state index contributed by atoms with van der Waals surface area (Å²) in [7, 11) is 0. The maximum absolute atomic E-state index is 5.71. The first-order valence-corrected chi connectivity index (χ1v) is 6.84. The fourth-order valence-electron chi connectivity index (χ4n) is 2.08. The molecule has 1 aliphatic carbocycles. The molecule has 1 aliphatic rings. The second kappa shape index (κ2) is 4.22. The van der Waals surface area contributed by atoms with E-state index < -0.39 is 0 Å². The molecule has 2 nitrogen and oxygen atoms in total. The van der Waals surface area contributed by atoms with Crippen molar-refractivity contribution in [3.05, 3.63) is 28.5 Å². The van der Waals surface area contributed by atoms with Crippen molar-refractivity contribution in [1.82, 2.24) is 4.98 Å². The number of hydrogen-bond donors (Lipinski definition) is 0. The van der Waals surface area contributed by atoms with Crippen molar-refractivity contribution in [2.45, 2.75) is 31.6 Å². The highest BCUT2D eigenvalue weighted by atomic mass is 35.5. The Morgan fingerprint density at radius 3 is 3.00 bits per heavy atom. The lowest BCUT2D eigenvalue weighted by molar-refractivity contribution is 0.575. The average molecular weight is 254 g/mol. The summed E-state index contributed by atoms with van der Waals surface area (Å²) in [5.74, 6) is 1.13. The first-order chi connectivity index (χ1) is 7.86. The third kappa shape index (κ3) is 1.78. The van der Waals surface area contributed by atoms with Crippen LogP contribution in [0.15, 0.2) is 16.7 Å². The van der Waals surface area contributed by atoms with Crippen molar-refractivity contribution in [2.24, 2.45) is 0 Å². The van der Waals surface area contributed by atoms with Crippen molar-refractivity contribution in [3.63, 3.8) is 0 Å². The molecule has 0 spiro atoms. The maximum atomic E-state index is 5.71. The van der Waals surface area contributed by atoms with E-state index in [-0.39, 0.29) is 0 Å². The Bertz CT molecular complexity index is 479. The number of rotatable bonds is 2. The highest BCUT2D eigenvalue weighted by Gasteiger charge is 2.16. The van der Waals surface area contributed by atoms with E-state index in [0.717, 1.165) is 16.5 Å². The molecule has 0 radical (unpaired) electrons. The zero-order valence-corrected chi connectivity index (χ0v) is 10.4. The number of oxazole rings is 1. The van der Waals surface area contributed by atoms with E-state index in [1.807, 2.05) is 11.3 Å². The molecule has 0 amide bonds. The van der Waals surface area contributed by atoms with Gasteiger partial charge in [-0.05, 0) is 37.3 Å². The smallest absolute Gasteiger partial charge is 0.236 e. The van der Waals surface area contributed by atoms with Crippen LogP contribution in [-0.4, -0.2) is 4.98 Å². The van der Waals surface area contributed by atoms with Crippen molar-refractivity contribution in [3.8, 4) is 10.8 Å². The van der Waals surface area contributed by atoms with Crippen LogP contribution in [0, 0.1) is 0 Å². The van der Waals surface area contributed by atoms with Gasteiger partial charge in [-0.25, -0.2) is 4.98 Å². The highest BCUT2D eigenvalue weighted by molar-refractivity contribution is 7.15. The van der Waals surface area contributed by atoms with E-state index >= 15 is 0 Å². The lowest BCUT2D eigenvalue weighted by Crippen LogP contribution is -1.96.